The van der Waals surface area contributed by atoms with E-state index < -0.39 is 0 Å². The number of carbonyl (C=O) groups is 2. The summed E-state index contributed by atoms with van der Waals surface area (Å²) in [7, 11) is 0. The maximum atomic E-state index is 12.6. The van der Waals surface area contributed by atoms with Crippen LogP contribution in [0, 0.1) is 17.2 Å². The summed E-state index contributed by atoms with van der Waals surface area (Å²) in [6, 6.07) is 2.27. The van der Waals surface area contributed by atoms with E-state index in [0.29, 0.717) is 25.0 Å². The maximum absolute atomic E-state index is 12.6. The number of nitrogens with one attached hydrogen (secondary N) is 2. The van der Waals surface area contributed by atoms with E-state index in [2.05, 4.69) is 16.7 Å². The van der Waals surface area contributed by atoms with E-state index >= 15 is 0 Å². The Hall–Kier alpha value is -1.07. The van der Waals surface area contributed by atoms with Crippen molar-refractivity contribution < 1.29 is 9.59 Å². The highest BCUT2D eigenvalue weighted by Gasteiger charge is 2.31. The topological polar surface area (TPSA) is 88.5 Å². The Morgan fingerprint density at radius 1 is 1.04 bits per heavy atom. The lowest BCUT2D eigenvalue weighted by molar-refractivity contribution is -0.137. The minimum absolute atomic E-state index is 0. The number of hydrogen-bond donors (Lipinski definition) is 2. The number of nitrogens with zero attached hydrogens (tertiary/aromatic N) is 3. The van der Waals surface area contributed by atoms with Crippen molar-refractivity contribution in [1.29, 1.82) is 5.26 Å². The largest absolute Gasteiger partial charge is 0.340 e. The Balaban J connectivity index is 0.00000182. The maximum Gasteiger partial charge on any atom is 0.237 e. The number of rotatable bonds is 4. The first kappa shape index (κ1) is 24.0. The third kappa shape index (κ3) is 6.21. The van der Waals surface area contributed by atoms with Crippen LogP contribution >= 0.6 is 24.8 Å². The van der Waals surface area contributed by atoms with Crippen LogP contribution < -0.4 is 10.6 Å². The zero-order chi connectivity index (χ0) is 17.6. The van der Waals surface area contributed by atoms with Crippen LogP contribution in [0.2, 0.25) is 0 Å². The number of piperazine rings is 1. The molecule has 0 aromatic rings. The van der Waals surface area contributed by atoms with Gasteiger partial charge in [0.15, 0.2) is 0 Å². The highest BCUT2D eigenvalue weighted by Crippen LogP contribution is 2.26. The number of nitriles is 1. The molecule has 1 aliphatic carbocycles. The quantitative estimate of drug-likeness (QED) is 0.707. The summed E-state index contributed by atoms with van der Waals surface area (Å²) in [5.41, 5.74) is 0. The van der Waals surface area contributed by atoms with E-state index in [4.69, 9.17) is 5.26 Å². The fourth-order valence-corrected chi connectivity index (χ4v) is 4.22. The SMILES string of the molecule is Cl.Cl.N#C[C@@H]1CCCN1C(=O)CNC1CCC(C(=O)N2CCNCC2)CC1. The molecule has 154 valence electrons. The van der Waals surface area contributed by atoms with Gasteiger partial charge in [0.1, 0.15) is 6.04 Å². The lowest BCUT2D eigenvalue weighted by atomic mass is 9.85. The van der Waals surface area contributed by atoms with Gasteiger partial charge in [0, 0.05) is 44.7 Å². The van der Waals surface area contributed by atoms with E-state index in [1.165, 1.54) is 0 Å². The summed E-state index contributed by atoms with van der Waals surface area (Å²) in [4.78, 5) is 28.5. The number of carbonyl (C=O) groups excluding carboxylic acids is 2. The molecular formula is C18H31Cl2N5O2. The van der Waals surface area contributed by atoms with Gasteiger partial charge in [-0.25, -0.2) is 0 Å². The van der Waals surface area contributed by atoms with Gasteiger partial charge >= 0.3 is 0 Å². The predicted octanol–water partition coefficient (Wildman–Crippen LogP) is 0.925. The van der Waals surface area contributed by atoms with Crippen molar-refractivity contribution >= 4 is 36.6 Å². The van der Waals surface area contributed by atoms with Gasteiger partial charge in [0.05, 0.1) is 12.6 Å². The van der Waals surface area contributed by atoms with Crippen LogP contribution in [0.3, 0.4) is 0 Å². The van der Waals surface area contributed by atoms with Gasteiger partial charge in [0.2, 0.25) is 11.8 Å². The molecule has 9 heteroatoms. The van der Waals surface area contributed by atoms with Crippen LogP contribution in [-0.4, -0.2) is 73.0 Å². The standard InChI is InChI=1S/C18H29N5O2.2ClH/c19-12-16-2-1-9-23(16)17(24)13-21-15-5-3-14(4-6-15)18(25)22-10-7-20-8-11-22;;/h14-16,20-21H,1-11,13H2;2*1H/t14?,15?,16-;;/m0../s1. The molecule has 1 atom stereocenters. The van der Waals surface area contributed by atoms with Gasteiger partial charge in [-0.3, -0.25) is 9.59 Å². The van der Waals surface area contributed by atoms with Gasteiger partial charge in [-0.15, -0.1) is 24.8 Å². The molecule has 2 N–H and O–H groups in total. The number of hydrogen-bond acceptors (Lipinski definition) is 5. The van der Waals surface area contributed by atoms with Crippen molar-refractivity contribution in [2.24, 2.45) is 5.92 Å². The monoisotopic (exact) mass is 419 g/mol. The van der Waals surface area contributed by atoms with E-state index in [1.807, 2.05) is 4.90 Å². The summed E-state index contributed by atoms with van der Waals surface area (Å²) >= 11 is 0. The van der Waals surface area contributed by atoms with Crippen LogP contribution in [0.4, 0.5) is 0 Å². The van der Waals surface area contributed by atoms with Crippen LogP contribution in [-0.2, 0) is 9.59 Å². The summed E-state index contributed by atoms with van der Waals surface area (Å²) in [6.07, 6.45) is 5.40. The summed E-state index contributed by atoms with van der Waals surface area (Å²) in [5, 5.41) is 15.7. The molecule has 0 spiro atoms. The van der Waals surface area contributed by atoms with Crippen molar-refractivity contribution in [1.82, 2.24) is 20.4 Å². The lowest BCUT2D eigenvalue weighted by Gasteiger charge is -2.34. The van der Waals surface area contributed by atoms with Crippen molar-refractivity contribution in [3.8, 4) is 6.07 Å². The molecule has 0 unspecified atom stereocenters. The molecule has 27 heavy (non-hydrogen) atoms. The second-order valence-corrected chi connectivity index (χ2v) is 7.38. The molecule has 3 aliphatic rings. The van der Waals surface area contributed by atoms with Gasteiger partial charge in [-0.1, -0.05) is 0 Å². The average molecular weight is 420 g/mol. The van der Waals surface area contributed by atoms with Crippen LogP contribution in [0.1, 0.15) is 38.5 Å². The van der Waals surface area contributed by atoms with Crippen molar-refractivity contribution in [3.63, 3.8) is 0 Å². The van der Waals surface area contributed by atoms with Crippen LogP contribution in [0.5, 0.6) is 0 Å². The molecule has 3 rings (SSSR count). The number of likely N-dealkylation sites (tertiary alicyclic amines) is 1. The molecule has 2 heterocycles. The van der Waals surface area contributed by atoms with E-state index in [9.17, 15) is 9.59 Å². The molecule has 2 amide bonds. The average Bonchev–Trinajstić information content (AvgIpc) is 3.15. The molecule has 2 saturated heterocycles. The van der Waals surface area contributed by atoms with Crippen molar-refractivity contribution in [2.75, 3.05) is 39.3 Å². The molecule has 0 aromatic carbocycles. The number of halogens is 2. The molecule has 0 aromatic heterocycles. The zero-order valence-electron chi connectivity index (χ0n) is 15.7. The van der Waals surface area contributed by atoms with Crippen LogP contribution in [0.15, 0.2) is 0 Å². The molecule has 0 radical (unpaired) electrons. The second-order valence-electron chi connectivity index (χ2n) is 7.38. The first-order valence-electron chi connectivity index (χ1n) is 9.61. The summed E-state index contributed by atoms with van der Waals surface area (Å²) in [5.74, 6) is 0.487. The van der Waals surface area contributed by atoms with E-state index in [-0.39, 0.29) is 42.7 Å². The molecule has 1 saturated carbocycles. The third-order valence-electron chi connectivity index (χ3n) is 5.77. The highest BCUT2D eigenvalue weighted by atomic mass is 35.5. The minimum atomic E-state index is -0.248. The minimum Gasteiger partial charge on any atom is -0.340 e. The Bertz CT molecular complexity index is 528. The highest BCUT2D eigenvalue weighted by molar-refractivity contribution is 5.85. The molecule has 7 nitrogen and oxygen atoms in total. The lowest BCUT2D eigenvalue weighted by Crippen LogP contribution is -2.49. The predicted molar refractivity (Wildman–Crippen MR) is 108 cm³/mol. The van der Waals surface area contributed by atoms with Gasteiger partial charge < -0.3 is 20.4 Å². The Kier molecular flexibility index (Phi) is 10.4. The second kappa shape index (κ2) is 11.7. The van der Waals surface area contributed by atoms with Crippen molar-refractivity contribution in [3.05, 3.63) is 0 Å². The summed E-state index contributed by atoms with van der Waals surface area (Å²) < 4.78 is 0. The van der Waals surface area contributed by atoms with Gasteiger partial charge in [-0.05, 0) is 38.5 Å². The molecule has 0 bridgehead atoms. The molecule has 2 aliphatic heterocycles. The molecule has 3 fully saturated rings. The normalized spacial score (nSPS) is 27.9. The zero-order valence-corrected chi connectivity index (χ0v) is 17.3. The van der Waals surface area contributed by atoms with Crippen LogP contribution in [0.25, 0.3) is 0 Å². The van der Waals surface area contributed by atoms with E-state index in [0.717, 1.165) is 64.7 Å². The van der Waals surface area contributed by atoms with E-state index in [1.54, 1.807) is 4.90 Å². The fraction of sp³-hybridized carbons (Fsp3) is 0.833. The Morgan fingerprint density at radius 2 is 1.70 bits per heavy atom. The van der Waals surface area contributed by atoms with Gasteiger partial charge in [0.25, 0.3) is 0 Å². The first-order valence-corrected chi connectivity index (χ1v) is 9.61. The third-order valence-corrected chi connectivity index (χ3v) is 5.77. The Morgan fingerprint density at radius 3 is 2.33 bits per heavy atom. The first-order chi connectivity index (χ1) is 12.2. The Labute approximate surface area is 174 Å². The van der Waals surface area contributed by atoms with Gasteiger partial charge in [-0.2, -0.15) is 5.26 Å². The van der Waals surface area contributed by atoms with Crippen molar-refractivity contribution in [2.45, 2.75) is 50.6 Å². The fourth-order valence-electron chi connectivity index (χ4n) is 4.22. The smallest absolute Gasteiger partial charge is 0.237 e. The summed E-state index contributed by atoms with van der Waals surface area (Å²) in [6.45, 7) is 4.43. The number of amides is 2. The molecular weight excluding hydrogens is 389 g/mol.